The van der Waals surface area contributed by atoms with E-state index in [1.165, 1.54) is 67.7 Å². The van der Waals surface area contributed by atoms with Gasteiger partial charge < -0.3 is 0 Å². The van der Waals surface area contributed by atoms with Crippen molar-refractivity contribution in [1.82, 2.24) is 0 Å². The quantitative estimate of drug-likeness (QED) is 0.369. The van der Waals surface area contributed by atoms with Crippen LogP contribution in [0.5, 0.6) is 0 Å². The van der Waals surface area contributed by atoms with Crippen molar-refractivity contribution in [2.75, 3.05) is 0 Å². The van der Waals surface area contributed by atoms with Gasteiger partial charge in [0.2, 0.25) is 0 Å². The minimum absolute atomic E-state index is 0.863. The van der Waals surface area contributed by atoms with Gasteiger partial charge in [-0.25, -0.2) is 0 Å². The van der Waals surface area contributed by atoms with Crippen LogP contribution in [0.15, 0.2) is 36.4 Å². The molecule has 0 bridgehead atoms. The van der Waals surface area contributed by atoms with E-state index >= 15 is 0 Å². The van der Waals surface area contributed by atoms with Crippen molar-refractivity contribution in [2.24, 2.45) is 0 Å². The number of carbonyl (C=O) groups is 1. The summed E-state index contributed by atoms with van der Waals surface area (Å²) >= 11 is 0. The van der Waals surface area contributed by atoms with Crippen LogP contribution >= 0.6 is 0 Å². The van der Waals surface area contributed by atoms with Crippen molar-refractivity contribution in [1.29, 1.82) is 0 Å². The number of aryl methyl sites for hydroxylation is 1. The second-order valence-electron chi connectivity index (χ2n) is 6.20. The molecule has 0 unspecified atom stereocenters. The standard InChI is InChI=1S/C21H28O/c1-2-3-4-5-6-7-8-9-13-21-19(17-22)16-15-18-12-10-11-14-20(18)21/h10-12,14-17H,2-9,13H2,1H3. The van der Waals surface area contributed by atoms with E-state index in [-0.39, 0.29) is 0 Å². The Morgan fingerprint density at radius 1 is 0.818 bits per heavy atom. The summed E-state index contributed by atoms with van der Waals surface area (Å²) in [5.74, 6) is 0. The van der Waals surface area contributed by atoms with Gasteiger partial charge in [-0.3, -0.25) is 4.79 Å². The van der Waals surface area contributed by atoms with Gasteiger partial charge in [0.1, 0.15) is 6.29 Å². The normalized spacial score (nSPS) is 11.0. The van der Waals surface area contributed by atoms with E-state index in [4.69, 9.17) is 0 Å². The van der Waals surface area contributed by atoms with Gasteiger partial charge in [-0.2, -0.15) is 0 Å². The third-order valence-electron chi connectivity index (χ3n) is 4.48. The van der Waals surface area contributed by atoms with Crippen LogP contribution in [0, 0.1) is 0 Å². The van der Waals surface area contributed by atoms with Gasteiger partial charge in [-0.05, 0) is 29.2 Å². The van der Waals surface area contributed by atoms with E-state index in [1.807, 2.05) is 6.07 Å². The van der Waals surface area contributed by atoms with Gasteiger partial charge in [-0.1, -0.05) is 88.3 Å². The Labute approximate surface area is 134 Å². The zero-order valence-electron chi connectivity index (χ0n) is 13.8. The lowest BCUT2D eigenvalue weighted by Gasteiger charge is -2.09. The summed E-state index contributed by atoms with van der Waals surface area (Å²) in [6.45, 7) is 2.26. The van der Waals surface area contributed by atoms with Gasteiger partial charge in [0.05, 0.1) is 0 Å². The van der Waals surface area contributed by atoms with Crippen molar-refractivity contribution >= 4 is 17.1 Å². The van der Waals surface area contributed by atoms with Crippen LogP contribution in [0.4, 0.5) is 0 Å². The van der Waals surface area contributed by atoms with Gasteiger partial charge in [0.25, 0.3) is 0 Å². The first-order valence-electron chi connectivity index (χ1n) is 8.82. The van der Waals surface area contributed by atoms with Gasteiger partial charge in [-0.15, -0.1) is 0 Å². The largest absolute Gasteiger partial charge is 0.298 e. The molecule has 0 radical (unpaired) electrons. The molecule has 1 nitrogen and oxygen atoms in total. The van der Waals surface area contributed by atoms with Crippen LogP contribution in [0.2, 0.25) is 0 Å². The monoisotopic (exact) mass is 296 g/mol. The molecule has 0 aliphatic carbocycles. The Morgan fingerprint density at radius 2 is 1.50 bits per heavy atom. The maximum Gasteiger partial charge on any atom is 0.150 e. The molecular formula is C21H28O. The van der Waals surface area contributed by atoms with Crippen LogP contribution in [0.25, 0.3) is 10.8 Å². The highest BCUT2D eigenvalue weighted by Crippen LogP contribution is 2.24. The first-order chi connectivity index (χ1) is 10.9. The fourth-order valence-corrected chi connectivity index (χ4v) is 3.18. The summed E-state index contributed by atoms with van der Waals surface area (Å²) in [7, 11) is 0. The molecule has 2 aromatic rings. The van der Waals surface area contributed by atoms with Crippen LogP contribution in [0.3, 0.4) is 0 Å². The number of unbranched alkanes of at least 4 members (excludes halogenated alkanes) is 7. The minimum atomic E-state index is 0.863. The highest BCUT2D eigenvalue weighted by molar-refractivity contribution is 5.93. The molecule has 0 aliphatic rings. The lowest BCUT2D eigenvalue weighted by molar-refractivity contribution is 0.112. The molecule has 0 heterocycles. The Hall–Kier alpha value is -1.63. The summed E-state index contributed by atoms with van der Waals surface area (Å²) in [6, 6.07) is 12.4. The third-order valence-corrected chi connectivity index (χ3v) is 4.48. The molecule has 22 heavy (non-hydrogen) atoms. The Morgan fingerprint density at radius 3 is 2.23 bits per heavy atom. The number of hydrogen-bond acceptors (Lipinski definition) is 1. The van der Waals surface area contributed by atoms with Gasteiger partial charge >= 0.3 is 0 Å². The molecule has 0 spiro atoms. The topological polar surface area (TPSA) is 17.1 Å². The first-order valence-corrected chi connectivity index (χ1v) is 8.82. The fraction of sp³-hybridized carbons (Fsp3) is 0.476. The predicted molar refractivity (Wildman–Crippen MR) is 95.6 cm³/mol. The Balaban J connectivity index is 1.87. The highest BCUT2D eigenvalue weighted by atomic mass is 16.1. The molecule has 0 saturated carbocycles. The summed E-state index contributed by atoms with van der Waals surface area (Å²) in [5.41, 5.74) is 2.10. The van der Waals surface area contributed by atoms with Crippen molar-refractivity contribution < 1.29 is 4.79 Å². The summed E-state index contributed by atoms with van der Waals surface area (Å²) in [4.78, 5) is 11.3. The Kier molecular flexibility index (Phi) is 7.15. The number of benzene rings is 2. The van der Waals surface area contributed by atoms with Crippen molar-refractivity contribution in [3.8, 4) is 0 Å². The van der Waals surface area contributed by atoms with E-state index in [9.17, 15) is 4.79 Å². The maximum absolute atomic E-state index is 11.3. The molecule has 0 saturated heterocycles. The van der Waals surface area contributed by atoms with E-state index in [2.05, 4.69) is 37.3 Å². The molecule has 0 amide bonds. The Bertz CT molecular complexity index is 585. The molecule has 0 aliphatic heterocycles. The zero-order chi connectivity index (χ0) is 15.6. The molecule has 2 rings (SSSR count). The van der Waals surface area contributed by atoms with Crippen LogP contribution < -0.4 is 0 Å². The summed E-state index contributed by atoms with van der Waals surface area (Å²) in [5, 5.41) is 2.48. The lowest BCUT2D eigenvalue weighted by atomic mass is 9.95. The SMILES string of the molecule is CCCCCCCCCCc1c(C=O)ccc2ccccc12. The number of hydrogen-bond donors (Lipinski definition) is 0. The van der Waals surface area contributed by atoms with Crippen LogP contribution in [0.1, 0.15) is 74.2 Å². The average Bonchev–Trinajstić information content (AvgIpc) is 2.57. The predicted octanol–water partition coefficient (Wildman–Crippen LogP) is 6.34. The van der Waals surface area contributed by atoms with Gasteiger partial charge in [0.15, 0.2) is 0 Å². The van der Waals surface area contributed by atoms with Crippen LogP contribution in [-0.4, -0.2) is 6.29 Å². The molecule has 118 valence electrons. The first kappa shape index (κ1) is 16.7. The lowest BCUT2D eigenvalue weighted by Crippen LogP contribution is -1.95. The molecule has 0 N–H and O–H groups in total. The molecule has 2 aromatic carbocycles. The van der Waals surface area contributed by atoms with E-state index < -0.39 is 0 Å². The number of carbonyl (C=O) groups excluding carboxylic acids is 1. The van der Waals surface area contributed by atoms with Crippen molar-refractivity contribution in [3.63, 3.8) is 0 Å². The van der Waals surface area contributed by atoms with Crippen LogP contribution in [-0.2, 0) is 6.42 Å². The smallest absolute Gasteiger partial charge is 0.150 e. The molecule has 0 atom stereocenters. The highest BCUT2D eigenvalue weighted by Gasteiger charge is 2.06. The number of rotatable bonds is 10. The number of fused-ring (bicyclic) bond motifs is 1. The maximum atomic E-state index is 11.3. The second-order valence-corrected chi connectivity index (χ2v) is 6.20. The third kappa shape index (κ3) is 4.69. The van der Waals surface area contributed by atoms with Crippen molar-refractivity contribution in [3.05, 3.63) is 47.5 Å². The fourth-order valence-electron chi connectivity index (χ4n) is 3.18. The second kappa shape index (κ2) is 9.40. The van der Waals surface area contributed by atoms with E-state index in [0.717, 1.165) is 18.3 Å². The molecule has 0 fully saturated rings. The number of aldehydes is 1. The molecular weight excluding hydrogens is 268 g/mol. The summed E-state index contributed by atoms with van der Waals surface area (Å²) < 4.78 is 0. The van der Waals surface area contributed by atoms with E-state index in [0.29, 0.717) is 0 Å². The van der Waals surface area contributed by atoms with E-state index in [1.54, 1.807) is 0 Å². The summed E-state index contributed by atoms with van der Waals surface area (Å²) in [6.07, 6.45) is 12.6. The van der Waals surface area contributed by atoms with Crippen molar-refractivity contribution in [2.45, 2.75) is 64.7 Å². The zero-order valence-corrected chi connectivity index (χ0v) is 13.8. The molecule has 1 heteroatoms. The van der Waals surface area contributed by atoms with Gasteiger partial charge in [0, 0.05) is 5.56 Å². The molecule has 0 aromatic heterocycles. The minimum Gasteiger partial charge on any atom is -0.298 e. The average molecular weight is 296 g/mol.